The molecule has 2 nitrogen and oxygen atoms in total. The summed E-state index contributed by atoms with van der Waals surface area (Å²) in [5.41, 5.74) is 7.55. The summed E-state index contributed by atoms with van der Waals surface area (Å²) in [4.78, 5) is 0. The van der Waals surface area contributed by atoms with E-state index >= 15 is 0 Å². The second-order valence-electron chi connectivity index (χ2n) is 14.4. The quantitative estimate of drug-likeness (QED) is 0.210. The van der Waals surface area contributed by atoms with Crippen LogP contribution in [-0.2, 0) is 4.74 Å². The number of fused-ring (bicyclic) bond motifs is 1. The molecule has 1 aliphatic heterocycles. The summed E-state index contributed by atoms with van der Waals surface area (Å²) in [5.74, 6) is 0. The Balaban J connectivity index is 1.49. The molecule has 3 unspecified atom stereocenters. The maximum absolute atomic E-state index is 10.2. The van der Waals surface area contributed by atoms with Crippen molar-refractivity contribution in [3.05, 3.63) is 119 Å². The van der Waals surface area contributed by atoms with Crippen molar-refractivity contribution in [2.24, 2.45) is 10.8 Å². The predicted molar refractivity (Wildman–Crippen MR) is 182 cm³/mol. The Morgan fingerprint density at radius 2 is 1.26 bits per heavy atom. The van der Waals surface area contributed by atoms with Crippen LogP contribution in [0.15, 0.2) is 119 Å². The number of allylic oxidation sites excluding steroid dienone is 19. The topological polar surface area (TPSA) is 32.8 Å². The van der Waals surface area contributed by atoms with E-state index in [4.69, 9.17) is 4.74 Å². The lowest BCUT2D eigenvalue weighted by atomic mass is 9.63. The zero-order valence-corrected chi connectivity index (χ0v) is 28.1. The third kappa shape index (κ3) is 8.45. The summed E-state index contributed by atoms with van der Waals surface area (Å²) < 4.78 is 6.25. The second kappa shape index (κ2) is 13.7. The Morgan fingerprint density at radius 1 is 0.738 bits per heavy atom. The van der Waals surface area contributed by atoms with Crippen molar-refractivity contribution in [3.63, 3.8) is 0 Å². The maximum Gasteiger partial charge on any atom is 0.121 e. The first-order valence-electron chi connectivity index (χ1n) is 15.8. The van der Waals surface area contributed by atoms with E-state index in [0.717, 1.165) is 6.42 Å². The van der Waals surface area contributed by atoms with Gasteiger partial charge in [-0.3, -0.25) is 0 Å². The molecule has 0 aromatic rings. The van der Waals surface area contributed by atoms with Gasteiger partial charge in [0.25, 0.3) is 0 Å². The Kier molecular flexibility index (Phi) is 11.1. The number of hydrogen-bond donors (Lipinski definition) is 1. The lowest BCUT2D eigenvalue weighted by Crippen LogP contribution is -2.46. The first-order valence-corrected chi connectivity index (χ1v) is 15.8. The van der Waals surface area contributed by atoms with Gasteiger partial charge < -0.3 is 9.84 Å². The highest BCUT2D eigenvalue weighted by Gasteiger charge is 2.74. The Labute approximate surface area is 257 Å². The standard InChI is InChI=1S/C40H56O2/c1-30(18-13-20-32(3)23-24-36-34(5)22-15-26-37(36,6)7)16-11-12-17-31(2)19-14-21-33(4)25-27-40-38(8,9)28-35(41)29-39(40,10)42-40/h11-14,16-21,23-25,27,35,41H,15,22,26,28-29H2,1-10H3/b12-11+,18-13?,19-14+,24-23?,27-25+,30-16?,31-17+,32-20?,33-21+. The van der Waals surface area contributed by atoms with Crippen molar-refractivity contribution in [1.29, 1.82) is 0 Å². The molecule has 2 aliphatic carbocycles. The molecule has 0 amide bonds. The molecule has 0 spiro atoms. The summed E-state index contributed by atoms with van der Waals surface area (Å²) in [6, 6.07) is 0. The fourth-order valence-corrected chi connectivity index (χ4v) is 6.89. The molecule has 1 heterocycles. The zero-order chi connectivity index (χ0) is 31.2. The Morgan fingerprint density at radius 3 is 1.81 bits per heavy atom. The van der Waals surface area contributed by atoms with Crippen LogP contribution in [0.4, 0.5) is 0 Å². The number of epoxide rings is 1. The maximum atomic E-state index is 10.2. The van der Waals surface area contributed by atoms with Crippen molar-refractivity contribution >= 4 is 0 Å². The van der Waals surface area contributed by atoms with E-state index in [-0.39, 0.29) is 28.1 Å². The number of hydrogen-bond acceptors (Lipinski definition) is 2. The van der Waals surface area contributed by atoms with Gasteiger partial charge in [-0.15, -0.1) is 0 Å². The molecular weight excluding hydrogens is 512 g/mol. The molecule has 2 fully saturated rings. The number of aliphatic hydroxyl groups is 1. The molecule has 3 rings (SSSR count). The molecular formula is C40H56O2. The number of aliphatic hydroxyl groups excluding tert-OH is 1. The van der Waals surface area contributed by atoms with Crippen molar-refractivity contribution in [2.45, 2.75) is 119 Å². The molecule has 1 saturated heterocycles. The van der Waals surface area contributed by atoms with Gasteiger partial charge in [0.1, 0.15) is 11.2 Å². The van der Waals surface area contributed by atoms with Crippen LogP contribution >= 0.6 is 0 Å². The SMILES string of the molecule is CC(C=CC1=C(C)CCCC1(C)C)=CC=CC(C)=C/C=C/C=C(C)/C=C/C=C(C)/C=C/C12OC1(C)CC(O)CC2(C)C. The molecule has 3 atom stereocenters. The van der Waals surface area contributed by atoms with E-state index in [1.54, 1.807) is 0 Å². The van der Waals surface area contributed by atoms with Crippen LogP contribution in [0.5, 0.6) is 0 Å². The molecule has 3 aliphatic rings. The predicted octanol–water partition coefficient (Wildman–Crippen LogP) is 10.8. The van der Waals surface area contributed by atoms with Gasteiger partial charge in [-0.2, -0.15) is 0 Å². The summed E-state index contributed by atoms with van der Waals surface area (Å²) >= 11 is 0. The monoisotopic (exact) mass is 568 g/mol. The minimum Gasteiger partial charge on any atom is -0.393 e. The summed E-state index contributed by atoms with van der Waals surface area (Å²) in [7, 11) is 0. The van der Waals surface area contributed by atoms with Crippen LogP contribution in [-0.4, -0.2) is 22.4 Å². The first-order chi connectivity index (χ1) is 19.6. The Hall–Kier alpha value is -2.68. The molecule has 228 valence electrons. The lowest BCUT2D eigenvalue weighted by Gasteiger charge is -2.39. The lowest BCUT2D eigenvalue weighted by molar-refractivity contribution is 0.0515. The summed E-state index contributed by atoms with van der Waals surface area (Å²) in [5, 5.41) is 10.2. The van der Waals surface area contributed by atoms with Crippen LogP contribution < -0.4 is 0 Å². The average Bonchev–Trinajstić information content (AvgIpc) is 3.50. The minimum atomic E-state index is -0.283. The minimum absolute atomic E-state index is 0.0868. The molecule has 1 saturated carbocycles. The molecule has 0 aromatic carbocycles. The van der Waals surface area contributed by atoms with Gasteiger partial charge >= 0.3 is 0 Å². The third-order valence-corrected chi connectivity index (χ3v) is 9.41. The molecule has 1 N–H and O–H groups in total. The van der Waals surface area contributed by atoms with Crippen LogP contribution in [0.1, 0.15) is 101 Å². The van der Waals surface area contributed by atoms with Crippen LogP contribution in [0.25, 0.3) is 0 Å². The number of ether oxygens (including phenoxy) is 1. The third-order valence-electron chi connectivity index (χ3n) is 9.41. The van der Waals surface area contributed by atoms with E-state index in [9.17, 15) is 5.11 Å². The van der Waals surface area contributed by atoms with Crippen LogP contribution in [0.2, 0.25) is 0 Å². The highest BCUT2D eigenvalue weighted by molar-refractivity contribution is 5.38. The fourth-order valence-electron chi connectivity index (χ4n) is 6.89. The van der Waals surface area contributed by atoms with Crippen LogP contribution in [0.3, 0.4) is 0 Å². The summed E-state index contributed by atoms with van der Waals surface area (Å²) in [6.45, 7) is 22.1. The number of rotatable bonds is 10. The van der Waals surface area contributed by atoms with E-state index in [2.05, 4.69) is 154 Å². The fraction of sp³-hybridized carbons (Fsp3) is 0.500. The van der Waals surface area contributed by atoms with Crippen molar-refractivity contribution in [2.75, 3.05) is 0 Å². The second-order valence-corrected chi connectivity index (χ2v) is 14.4. The normalized spacial score (nSPS) is 31.0. The highest BCUT2D eigenvalue weighted by Crippen LogP contribution is 2.66. The van der Waals surface area contributed by atoms with Gasteiger partial charge in [0, 0.05) is 11.8 Å². The van der Waals surface area contributed by atoms with Gasteiger partial charge in [0.2, 0.25) is 0 Å². The van der Waals surface area contributed by atoms with Gasteiger partial charge in [0.15, 0.2) is 0 Å². The van der Waals surface area contributed by atoms with Crippen molar-refractivity contribution in [1.82, 2.24) is 0 Å². The smallest absolute Gasteiger partial charge is 0.121 e. The van der Waals surface area contributed by atoms with Crippen molar-refractivity contribution in [3.8, 4) is 0 Å². The molecule has 0 bridgehead atoms. The largest absolute Gasteiger partial charge is 0.393 e. The molecule has 2 heteroatoms. The van der Waals surface area contributed by atoms with Gasteiger partial charge in [-0.25, -0.2) is 0 Å². The molecule has 42 heavy (non-hydrogen) atoms. The van der Waals surface area contributed by atoms with Crippen molar-refractivity contribution < 1.29 is 9.84 Å². The molecule has 0 radical (unpaired) electrons. The van der Waals surface area contributed by atoms with E-state index in [0.29, 0.717) is 6.42 Å². The van der Waals surface area contributed by atoms with Crippen LogP contribution in [0, 0.1) is 10.8 Å². The summed E-state index contributed by atoms with van der Waals surface area (Å²) in [6.07, 6.45) is 35.2. The van der Waals surface area contributed by atoms with E-state index in [1.807, 2.05) is 0 Å². The zero-order valence-electron chi connectivity index (χ0n) is 28.1. The van der Waals surface area contributed by atoms with Gasteiger partial charge in [-0.1, -0.05) is 135 Å². The van der Waals surface area contributed by atoms with E-state index in [1.165, 1.54) is 52.7 Å². The first kappa shape index (κ1) is 33.8. The van der Waals surface area contributed by atoms with E-state index < -0.39 is 0 Å². The van der Waals surface area contributed by atoms with Gasteiger partial charge in [-0.05, 0) is 84.3 Å². The molecule has 0 aromatic heterocycles. The highest BCUT2D eigenvalue weighted by atomic mass is 16.6. The average molecular weight is 569 g/mol. The van der Waals surface area contributed by atoms with Gasteiger partial charge in [0.05, 0.1) is 6.10 Å². The Bertz CT molecular complexity index is 1300.